The third kappa shape index (κ3) is 3.58. The summed E-state index contributed by atoms with van der Waals surface area (Å²) in [6, 6.07) is 12.5. The average molecular weight is 286 g/mol. The second-order valence-electron chi connectivity index (χ2n) is 5.00. The van der Waals surface area contributed by atoms with Crippen molar-refractivity contribution in [1.29, 1.82) is 0 Å². The van der Waals surface area contributed by atoms with Gasteiger partial charge in [-0.1, -0.05) is 42.5 Å². The second kappa shape index (κ2) is 6.37. The van der Waals surface area contributed by atoms with E-state index in [4.69, 9.17) is 10.8 Å². The van der Waals surface area contributed by atoms with Crippen LogP contribution in [-0.4, -0.2) is 23.0 Å². The smallest absolute Gasteiger partial charge is 0.305 e. The number of hydrogen-bond donors (Lipinski definition) is 3. The molecule has 0 radical (unpaired) electrons. The lowest BCUT2D eigenvalue weighted by atomic mass is 9.99. The summed E-state index contributed by atoms with van der Waals surface area (Å²) in [6.45, 7) is 1.85. The Balaban J connectivity index is 2.17. The van der Waals surface area contributed by atoms with Gasteiger partial charge in [0.05, 0.1) is 18.5 Å². The number of nitrogens with two attached hydrogens (primary N) is 1. The number of amides is 1. The number of rotatable bonds is 5. The van der Waals surface area contributed by atoms with Crippen LogP contribution >= 0.6 is 0 Å². The standard InChI is InChI=1S/C16H18N2O3/c1-10(18-16(21)14(17)9-15(19)20)12-8-4-6-11-5-2-3-7-13(11)12/h2-8,10,14H,9,17H2,1H3,(H,18,21)(H,19,20). The molecular weight excluding hydrogens is 268 g/mol. The lowest BCUT2D eigenvalue weighted by Gasteiger charge is -2.18. The molecule has 0 saturated carbocycles. The van der Waals surface area contributed by atoms with Gasteiger partial charge in [0, 0.05) is 0 Å². The monoisotopic (exact) mass is 286 g/mol. The molecule has 0 saturated heterocycles. The van der Waals surface area contributed by atoms with Gasteiger partial charge in [0.2, 0.25) is 5.91 Å². The Morgan fingerprint density at radius 1 is 1.19 bits per heavy atom. The number of carbonyl (C=O) groups is 2. The van der Waals surface area contributed by atoms with E-state index >= 15 is 0 Å². The van der Waals surface area contributed by atoms with Crippen LogP contribution in [0.2, 0.25) is 0 Å². The minimum atomic E-state index is -1.09. The van der Waals surface area contributed by atoms with E-state index in [1.54, 1.807) is 0 Å². The van der Waals surface area contributed by atoms with E-state index in [0.717, 1.165) is 16.3 Å². The molecule has 0 heterocycles. The maximum absolute atomic E-state index is 11.9. The first-order valence-electron chi connectivity index (χ1n) is 6.74. The Bertz CT molecular complexity index is 664. The summed E-state index contributed by atoms with van der Waals surface area (Å²) in [7, 11) is 0. The molecule has 2 atom stereocenters. The van der Waals surface area contributed by atoms with Crippen molar-refractivity contribution >= 4 is 22.6 Å². The molecule has 0 aliphatic rings. The first-order chi connectivity index (χ1) is 9.99. The predicted octanol–water partition coefficient (Wildman–Crippen LogP) is 1.82. The van der Waals surface area contributed by atoms with E-state index in [-0.39, 0.29) is 12.5 Å². The highest BCUT2D eigenvalue weighted by Crippen LogP contribution is 2.24. The molecule has 0 aliphatic carbocycles. The highest BCUT2D eigenvalue weighted by molar-refractivity contribution is 5.88. The van der Waals surface area contributed by atoms with Gasteiger partial charge in [-0.15, -0.1) is 0 Å². The summed E-state index contributed by atoms with van der Waals surface area (Å²) in [5.41, 5.74) is 6.54. The number of benzene rings is 2. The van der Waals surface area contributed by atoms with Gasteiger partial charge in [0.1, 0.15) is 0 Å². The molecule has 2 unspecified atom stereocenters. The minimum Gasteiger partial charge on any atom is -0.481 e. The summed E-state index contributed by atoms with van der Waals surface area (Å²) in [5.74, 6) is -1.55. The first-order valence-corrected chi connectivity index (χ1v) is 6.74. The van der Waals surface area contributed by atoms with E-state index in [0.29, 0.717) is 0 Å². The molecule has 21 heavy (non-hydrogen) atoms. The lowest BCUT2D eigenvalue weighted by Crippen LogP contribution is -2.42. The average Bonchev–Trinajstić information content (AvgIpc) is 2.45. The maximum Gasteiger partial charge on any atom is 0.305 e. The van der Waals surface area contributed by atoms with Crippen LogP contribution in [0.5, 0.6) is 0 Å². The summed E-state index contributed by atoms with van der Waals surface area (Å²) < 4.78 is 0. The van der Waals surface area contributed by atoms with Crippen LogP contribution in [0.3, 0.4) is 0 Å². The molecule has 2 aromatic carbocycles. The van der Waals surface area contributed by atoms with Crippen LogP contribution in [0.15, 0.2) is 42.5 Å². The molecule has 5 nitrogen and oxygen atoms in total. The van der Waals surface area contributed by atoms with E-state index in [9.17, 15) is 9.59 Å². The first kappa shape index (κ1) is 15.0. The van der Waals surface area contributed by atoms with Crippen LogP contribution in [0.1, 0.15) is 24.9 Å². The topological polar surface area (TPSA) is 92.4 Å². The number of carboxylic acids is 1. The molecule has 4 N–H and O–H groups in total. The third-order valence-corrected chi connectivity index (χ3v) is 3.38. The molecule has 0 aromatic heterocycles. The van der Waals surface area contributed by atoms with Crippen molar-refractivity contribution in [3.05, 3.63) is 48.0 Å². The van der Waals surface area contributed by atoms with Gasteiger partial charge >= 0.3 is 5.97 Å². The fourth-order valence-electron chi connectivity index (χ4n) is 2.31. The van der Waals surface area contributed by atoms with Crippen molar-refractivity contribution in [1.82, 2.24) is 5.32 Å². The van der Waals surface area contributed by atoms with Gasteiger partial charge in [0.15, 0.2) is 0 Å². The molecule has 110 valence electrons. The van der Waals surface area contributed by atoms with Crippen molar-refractivity contribution in [2.24, 2.45) is 5.73 Å². The van der Waals surface area contributed by atoms with Gasteiger partial charge in [-0.05, 0) is 23.3 Å². The quantitative estimate of drug-likeness (QED) is 0.781. The second-order valence-corrected chi connectivity index (χ2v) is 5.00. The van der Waals surface area contributed by atoms with E-state index in [1.165, 1.54) is 0 Å². The molecule has 0 fully saturated rings. The van der Waals surface area contributed by atoms with Crippen molar-refractivity contribution < 1.29 is 14.7 Å². The van der Waals surface area contributed by atoms with Crippen molar-refractivity contribution in [2.45, 2.75) is 25.4 Å². The molecular formula is C16H18N2O3. The van der Waals surface area contributed by atoms with E-state index in [2.05, 4.69) is 5.32 Å². The van der Waals surface area contributed by atoms with E-state index < -0.39 is 17.9 Å². The highest BCUT2D eigenvalue weighted by Gasteiger charge is 2.19. The van der Waals surface area contributed by atoms with Crippen LogP contribution in [0.25, 0.3) is 10.8 Å². The molecule has 2 rings (SSSR count). The van der Waals surface area contributed by atoms with Gasteiger partial charge in [-0.3, -0.25) is 9.59 Å². The summed E-state index contributed by atoms with van der Waals surface area (Å²) in [6.07, 6.45) is -0.381. The predicted molar refractivity (Wildman–Crippen MR) is 80.7 cm³/mol. The normalized spacial score (nSPS) is 13.6. The number of carbonyl (C=O) groups excluding carboxylic acids is 1. The highest BCUT2D eigenvalue weighted by atomic mass is 16.4. The van der Waals surface area contributed by atoms with Gasteiger partial charge in [-0.2, -0.15) is 0 Å². The van der Waals surface area contributed by atoms with Crippen LogP contribution < -0.4 is 11.1 Å². The van der Waals surface area contributed by atoms with Crippen LogP contribution in [0, 0.1) is 0 Å². The number of aliphatic carboxylic acids is 1. The van der Waals surface area contributed by atoms with Crippen molar-refractivity contribution in [3.8, 4) is 0 Å². The zero-order chi connectivity index (χ0) is 15.4. The largest absolute Gasteiger partial charge is 0.481 e. The SMILES string of the molecule is CC(NC(=O)C(N)CC(=O)O)c1cccc2ccccc12. The Kier molecular flexibility index (Phi) is 4.55. The Morgan fingerprint density at radius 3 is 2.57 bits per heavy atom. The molecule has 5 heteroatoms. The molecule has 0 bridgehead atoms. The fourth-order valence-corrected chi connectivity index (χ4v) is 2.31. The molecule has 2 aromatic rings. The number of carboxylic acid groups (broad SMARTS) is 1. The zero-order valence-electron chi connectivity index (χ0n) is 11.7. The number of fused-ring (bicyclic) bond motifs is 1. The number of nitrogens with one attached hydrogen (secondary N) is 1. The lowest BCUT2D eigenvalue weighted by molar-refractivity contribution is -0.139. The van der Waals surface area contributed by atoms with Gasteiger partial charge in [0.25, 0.3) is 0 Å². The Morgan fingerprint density at radius 2 is 1.86 bits per heavy atom. The Hall–Kier alpha value is -2.40. The van der Waals surface area contributed by atoms with Crippen molar-refractivity contribution in [2.75, 3.05) is 0 Å². The molecule has 0 aliphatic heterocycles. The van der Waals surface area contributed by atoms with Gasteiger partial charge < -0.3 is 16.2 Å². The minimum absolute atomic E-state index is 0.247. The number of hydrogen-bond acceptors (Lipinski definition) is 3. The van der Waals surface area contributed by atoms with Crippen LogP contribution in [0.4, 0.5) is 0 Å². The maximum atomic E-state index is 11.9. The van der Waals surface area contributed by atoms with Crippen LogP contribution in [-0.2, 0) is 9.59 Å². The molecule has 1 amide bonds. The summed E-state index contributed by atoms with van der Waals surface area (Å²) >= 11 is 0. The zero-order valence-corrected chi connectivity index (χ0v) is 11.7. The van der Waals surface area contributed by atoms with E-state index in [1.807, 2.05) is 49.4 Å². The Labute approximate surface area is 122 Å². The fraction of sp³-hybridized carbons (Fsp3) is 0.250. The summed E-state index contributed by atoms with van der Waals surface area (Å²) in [5, 5.41) is 13.6. The third-order valence-electron chi connectivity index (χ3n) is 3.38. The van der Waals surface area contributed by atoms with Crippen molar-refractivity contribution in [3.63, 3.8) is 0 Å². The van der Waals surface area contributed by atoms with Gasteiger partial charge in [-0.25, -0.2) is 0 Å². The molecule has 0 spiro atoms. The summed E-state index contributed by atoms with van der Waals surface area (Å²) in [4.78, 5) is 22.5.